The Hall–Kier alpha value is 0.970. The van der Waals surface area contributed by atoms with Gasteiger partial charge >= 0.3 is 85.2 Å². The third-order valence-corrected chi connectivity index (χ3v) is 4.07. The van der Waals surface area contributed by atoms with E-state index in [1.165, 1.54) is 12.8 Å². The molecule has 0 aliphatic heterocycles. The average molecular weight is 233 g/mol. The van der Waals surface area contributed by atoms with Crippen molar-refractivity contribution in [2.24, 2.45) is 5.92 Å². The summed E-state index contributed by atoms with van der Waals surface area (Å²) in [5.41, 5.74) is 0. The normalized spacial score (nSPS) is 16.1. The SMILES string of the molecule is CCCCC(CC)C[PH](O)(Cl)Cl. The number of halogens is 2. The van der Waals surface area contributed by atoms with Crippen molar-refractivity contribution in [2.75, 3.05) is 6.16 Å². The van der Waals surface area contributed by atoms with E-state index >= 15 is 0 Å². The first-order valence-electron chi connectivity index (χ1n) is 4.59. The molecule has 1 N–H and O–H groups in total. The van der Waals surface area contributed by atoms with Crippen LogP contribution < -0.4 is 0 Å². The zero-order chi connectivity index (χ0) is 9.61. The van der Waals surface area contributed by atoms with Gasteiger partial charge in [0.15, 0.2) is 0 Å². The van der Waals surface area contributed by atoms with Gasteiger partial charge in [-0.05, 0) is 0 Å². The molecule has 12 heavy (non-hydrogen) atoms. The van der Waals surface area contributed by atoms with E-state index in [1.54, 1.807) is 0 Å². The van der Waals surface area contributed by atoms with E-state index < -0.39 is 6.19 Å². The molecule has 4 heteroatoms. The molecular formula is C8H19Cl2OP. The molecule has 0 saturated carbocycles. The van der Waals surface area contributed by atoms with Gasteiger partial charge in [-0.15, -0.1) is 0 Å². The summed E-state index contributed by atoms with van der Waals surface area (Å²) in [5.74, 6) is 0.511. The number of hydrogen-bond donors (Lipinski definition) is 1. The Labute approximate surface area is 85.5 Å². The fourth-order valence-electron chi connectivity index (χ4n) is 1.29. The van der Waals surface area contributed by atoms with E-state index in [9.17, 15) is 4.89 Å². The summed E-state index contributed by atoms with van der Waals surface area (Å²) in [7, 11) is 0. The predicted octanol–water partition coefficient (Wildman–Crippen LogP) is 4.17. The summed E-state index contributed by atoms with van der Waals surface area (Å²) in [4.78, 5) is 9.29. The van der Waals surface area contributed by atoms with Crippen molar-refractivity contribution in [3.05, 3.63) is 0 Å². The zero-order valence-corrected chi connectivity index (χ0v) is 10.3. The molecule has 1 atom stereocenters. The molecule has 1 unspecified atom stereocenters. The molecule has 0 radical (unpaired) electrons. The Kier molecular flexibility index (Phi) is 6.95. The molecular weight excluding hydrogens is 214 g/mol. The molecule has 0 spiro atoms. The molecule has 0 aromatic rings. The molecule has 1 nitrogen and oxygen atoms in total. The molecule has 76 valence electrons. The van der Waals surface area contributed by atoms with E-state index in [4.69, 9.17) is 22.5 Å². The van der Waals surface area contributed by atoms with Crippen LogP contribution in [-0.4, -0.2) is 11.1 Å². The number of unbranched alkanes of at least 4 members (excludes halogenated alkanes) is 1. The van der Waals surface area contributed by atoms with Gasteiger partial charge in [0.05, 0.1) is 0 Å². The first-order valence-corrected chi connectivity index (χ1v) is 8.77. The Morgan fingerprint density at radius 1 is 1.33 bits per heavy atom. The molecule has 0 fully saturated rings. The molecule has 0 rings (SSSR count). The van der Waals surface area contributed by atoms with Crippen molar-refractivity contribution >= 4 is 28.7 Å². The summed E-state index contributed by atoms with van der Waals surface area (Å²) in [6, 6.07) is 0. The van der Waals surface area contributed by atoms with Crippen LogP contribution in [0.2, 0.25) is 0 Å². The van der Waals surface area contributed by atoms with Crippen LogP contribution in [0.15, 0.2) is 0 Å². The van der Waals surface area contributed by atoms with Crippen LogP contribution in [-0.2, 0) is 0 Å². The van der Waals surface area contributed by atoms with E-state index in [2.05, 4.69) is 13.8 Å². The van der Waals surface area contributed by atoms with Crippen LogP contribution in [0.25, 0.3) is 0 Å². The monoisotopic (exact) mass is 232 g/mol. The molecule has 0 heterocycles. The van der Waals surface area contributed by atoms with Crippen LogP contribution in [0.4, 0.5) is 0 Å². The first kappa shape index (κ1) is 13.0. The van der Waals surface area contributed by atoms with Crippen molar-refractivity contribution in [1.29, 1.82) is 0 Å². The van der Waals surface area contributed by atoms with E-state index in [1.807, 2.05) is 0 Å². The molecule has 0 saturated heterocycles. The molecule has 0 aliphatic rings. The fraction of sp³-hybridized carbons (Fsp3) is 1.00. The van der Waals surface area contributed by atoms with Gasteiger partial charge < -0.3 is 0 Å². The van der Waals surface area contributed by atoms with Crippen LogP contribution >= 0.6 is 28.7 Å². The maximum absolute atomic E-state index is 9.29. The van der Waals surface area contributed by atoms with Crippen LogP contribution in [0.1, 0.15) is 39.5 Å². The Morgan fingerprint density at radius 2 is 1.92 bits per heavy atom. The summed E-state index contributed by atoms with van der Waals surface area (Å²) in [5, 5.41) is 0. The fourth-order valence-corrected chi connectivity index (χ4v) is 3.79. The molecule has 0 amide bonds. The van der Waals surface area contributed by atoms with Crippen molar-refractivity contribution in [2.45, 2.75) is 39.5 Å². The van der Waals surface area contributed by atoms with Crippen LogP contribution in [0.5, 0.6) is 0 Å². The van der Waals surface area contributed by atoms with Gasteiger partial charge in [0.25, 0.3) is 0 Å². The second-order valence-electron chi connectivity index (χ2n) is 3.29. The zero-order valence-electron chi connectivity index (χ0n) is 7.82. The Morgan fingerprint density at radius 3 is 2.25 bits per heavy atom. The average Bonchev–Trinajstić information content (AvgIpc) is 1.95. The topological polar surface area (TPSA) is 20.2 Å². The standard InChI is InChI=1S/C8H19Cl2OP/c1-3-5-6-8(4-2)7-12(9,10)11/h8,11-12H,3-7H2,1-2H3. The van der Waals surface area contributed by atoms with E-state index in [0.717, 1.165) is 12.8 Å². The third kappa shape index (κ3) is 7.61. The van der Waals surface area contributed by atoms with Crippen molar-refractivity contribution in [3.63, 3.8) is 0 Å². The molecule has 0 aromatic heterocycles. The maximum atomic E-state index is 9.29. The van der Waals surface area contributed by atoms with Gasteiger partial charge in [-0.25, -0.2) is 0 Å². The molecule has 0 aromatic carbocycles. The van der Waals surface area contributed by atoms with Crippen molar-refractivity contribution in [1.82, 2.24) is 0 Å². The minimum atomic E-state index is -2.85. The van der Waals surface area contributed by atoms with Crippen molar-refractivity contribution < 1.29 is 4.89 Å². The summed E-state index contributed by atoms with van der Waals surface area (Å²) >= 11 is 11.3. The summed E-state index contributed by atoms with van der Waals surface area (Å²) in [6.07, 6.45) is 2.38. The number of rotatable bonds is 6. The van der Waals surface area contributed by atoms with Gasteiger partial charge in [-0.1, -0.05) is 0 Å². The van der Waals surface area contributed by atoms with Gasteiger partial charge in [-0.3, -0.25) is 0 Å². The molecule has 0 bridgehead atoms. The summed E-state index contributed by atoms with van der Waals surface area (Å²) < 4.78 is 0. The van der Waals surface area contributed by atoms with Gasteiger partial charge in [0.1, 0.15) is 0 Å². The van der Waals surface area contributed by atoms with Gasteiger partial charge in [0.2, 0.25) is 0 Å². The van der Waals surface area contributed by atoms with Crippen LogP contribution in [0.3, 0.4) is 0 Å². The van der Waals surface area contributed by atoms with Crippen LogP contribution in [0, 0.1) is 5.92 Å². The quantitative estimate of drug-likeness (QED) is 0.682. The van der Waals surface area contributed by atoms with Gasteiger partial charge in [-0.2, -0.15) is 0 Å². The van der Waals surface area contributed by atoms with E-state index in [0.29, 0.717) is 12.1 Å². The Bertz CT molecular complexity index is 114. The third-order valence-electron chi connectivity index (χ3n) is 2.08. The number of hydrogen-bond acceptors (Lipinski definition) is 1. The molecule has 0 aliphatic carbocycles. The second kappa shape index (κ2) is 6.43. The van der Waals surface area contributed by atoms with E-state index in [-0.39, 0.29) is 0 Å². The Balaban J connectivity index is 3.67. The minimum absolute atomic E-state index is 0.511. The van der Waals surface area contributed by atoms with Gasteiger partial charge in [0, 0.05) is 0 Å². The first-order chi connectivity index (χ1) is 5.49. The second-order valence-corrected chi connectivity index (χ2v) is 9.36. The predicted molar refractivity (Wildman–Crippen MR) is 60.4 cm³/mol. The van der Waals surface area contributed by atoms with Crippen molar-refractivity contribution in [3.8, 4) is 0 Å². The summed E-state index contributed by atoms with van der Waals surface area (Å²) in [6.45, 7) is 4.28.